The molecule has 90 valence electrons. The first-order valence-electron chi connectivity index (χ1n) is 5.62. The number of nitrogens with zero attached hydrogens (tertiary/aromatic N) is 1. The van der Waals surface area contributed by atoms with Crippen molar-refractivity contribution in [3.8, 4) is 0 Å². The third kappa shape index (κ3) is 3.71. The summed E-state index contributed by atoms with van der Waals surface area (Å²) in [7, 11) is 2.03. The van der Waals surface area contributed by atoms with Crippen molar-refractivity contribution in [2.75, 3.05) is 24.2 Å². The molecule has 1 nitrogen and oxygen atoms in total. The van der Waals surface area contributed by atoms with Gasteiger partial charge in [0.2, 0.25) is 0 Å². The Hall–Kier alpha value is -0.700. The van der Waals surface area contributed by atoms with Gasteiger partial charge in [0.05, 0.1) is 0 Å². The summed E-state index contributed by atoms with van der Waals surface area (Å²) < 4.78 is 12.8. The number of rotatable bonds is 5. The SMILES string of the molecule is CC(C)C(CS)CN(C)c1ccc(F)cc1. The Bertz CT molecular complexity index is 310. The molecule has 1 aromatic rings. The molecule has 16 heavy (non-hydrogen) atoms. The summed E-state index contributed by atoms with van der Waals surface area (Å²) in [5.74, 6) is 1.86. The van der Waals surface area contributed by atoms with E-state index < -0.39 is 0 Å². The maximum atomic E-state index is 12.8. The molecule has 1 unspecified atom stereocenters. The van der Waals surface area contributed by atoms with Gasteiger partial charge in [-0.1, -0.05) is 13.8 Å². The highest BCUT2D eigenvalue weighted by Gasteiger charge is 2.14. The number of anilines is 1. The van der Waals surface area contributed by atoms with Crippen molar-refractivity contribution in [1.82, 2.24) is 0 Å². The van der Waals surface area contributed by atoms with Crippen molar-refractivity contribution >= 4 is 18.3 Å². The number of hydrogen-bond acceptors (Lipinski definition) is 2. The van der Waals surface area contributed by atoms with E-state index >= 15 is 0 Å². The lowest BCUT2D eigenvalue weighted by atomic mass is 9.97. The van der Waals surface area contributed by atoms with Gasteiger partial charge in [-0.25, -0.2) is 4.39 Å². The standard InChI is InChI=1S/C13H20FNS/c1-10(2)11(9-16)8-15(3)13-6-4-12(14)5-7-13/h4-7,10-11,16H,8-9H2,1-3H3. The van der Waals surface area contributed by atoms with E-state index in [1.165, 1.54) is 12.1 Å². The molecule has 3 heteroatoms. The third-order valence-electron chi connectivity index (χ3n) is 2.95. The largest absolute Gasteiger partial charge is 0.374 e. The van der Waals surface area contributed by atoms with E-state index in [4.69, 9.17) is 0 Å². The Kier molecular flexibility index (Phi) is 5.13. The molecule has 0 aliphatic rings. The maximum Gasteiger partial charge on any atom is 0.123 e. The van der Waals surface area contributed by atoms with Crippen molar-refractivity contribution in [1.29, 1.82) is 0 Å². The zero-order valence-electron chi connectivity index (χ0n) is 10.2. The van der Waals surface area contributed by atoms with Crippen molar-refractivity contribution < 1.29 is 4.39 Å². The van der Waals surface area contributed by atoms with Crippen LogP contribution in [0.25, 0.3) is 0 Å². The van der Waals surface area contributed by atoms with Crippen molar-refractivity contribution in [2.45, 2.75) is 13.8 Å². The Morgan fingerprint density at radius 2 is 1.81 bits per heavy atom. The van der Waals surface area contributed by atoms with Crippen molar-refractivity contribution in [2.24, 2.45) is 11.8 Å². The average Bonchev–Trinajstić information content (AvgIpc) is 2.26. The highest BCUT2D eigenvalue weighted by Crippen LogP contribution is 2.19. The maximum absolute atomic E-state index is 12.8. The molecule has 0 saturated carbocycles. The van der Waals surface area contributed by atoms with Crippen LogP contribution in [0, 0.1) is 17.7 Å². The minimum atomic E-state index is -0.188. The molecule has 0 radical (unpaired) electrons. The minimum Gasteiger partial charge on any atom is -0.374 e. The van der Waals surface area contributed by atoms with Gasteiger partial charge in [0, 0.05) is 19.3 Å². The first kappa shape index (κ1) is 13.4. The fraction of sp³-hybridized carbons (Fsp3) is 0.538. The van der Waals surface area contributed by atoms with Gasteiger partial charge in [0.25, 0.3) is 0 Å². The lowest BCUT2D eigenvalue weighted by Crippen LogP contribution is -2.29. The Morgan fingerprint density at radius 3 is 2.25 bits per heavy atom. The van der Waals surface area contributed by atoms with Crippen molar-refractivity contribution in [3.05, 3.63) is 30.1 Å². The molecule has 0 aliphatic heterocycles. The summed E-state index contributed by atoms with van der Waals surface area (Å²) in [6, 6.07) is 6.62. The van der Waals surface area contributed by atoms with E-state index in [-0.39, 0.29) is 5.82 Å². The number of halogens is 1. The third-order valence-corrected chi connectivity index (χ3v) is 3.42. The van der Waals surface area contributed by atoms with E-state index in [0.29, 0.717) is 11.8 Å². The highest BCUT2D eigenvalue weighted by molar-refractivity contribution is 7.80. The Morgan fingerprint density at radius 1 is 1.25 bits per heavy atom. The van der Waals surface area contributed by atoms with Gasteiger partial charge < -0.3 is 4.90 Å². The topological polar surface area (TPSA) is 3.24 Å². The molecule has 0 saturated heterocycles. The van der Waals surface area contributed by atoms with E-state index in [2.05, 4.69) is 31.4 Å². The second-order valence-electron chi connectivity index (χ2n) is 4.54. The lowest BCUT2D eigenvalue weighted by molar-refractivity contribution is 0.430. The van der Waals surface area contributed by atoms with Crippen LogP contribution in [0.1, 0.15) is 13.8 Å². The predicted octanol–water partition coefficient (Wildman–Crippen LogP) is 3.46. The Labute approximate surface area is 103 Å². The summed E-state index contributed by atoms with van der Waals surface area (Å²) >= 11 is 4.37. The molecule has 0 fully saturated rings. The average molecular weight is 241 g/mol. The van der Waals surface area contributed by atoms with Gasteiger partial charge in [0.15, 0.2) is 0 Å². The molecule has 0 amide bonds. The van der Waals surface area contributed by atoms with Gasteiger partial charge >= 0.3 is 0 Å². The molecule has 0 bridgehead atoms. The molecule has 1 atom stereocenters. The highest BCUT2D eigenvalue weighted by atomic mass is 32.1. The Balaban J connectivity index is 2.64. The van der Waals surface area contributed by atoms with Gasteiger partial charge in [-0.15, -0.1) is 0 Å². The quantitative estimate of drug-likeness (QED) is 0.773. The van der Waals surface area contributed by atoms with Crippen LogP contribution >= 0.6 is 12.6 Å². The molecule has 0 aliphatic carbocycles. The van der Waals surface area contributed by atoms with Crippen LogP contribution < -0.4 is 4.90 Å². The second-order valence-corrected chi connectivity index (χ2v) is 4.91. The zero-order chi connectivity index (χ0) is 12.1. The molecular formula is C13H20FNS. The van der Waals surface area contributed by atoms with Gasteiger partial charge in [0.1, 0.15) is 5.82 Å². The fourth-order valence-corrected chi connectivity index (χ4v) is 2.17. The molecule has 0 N–H and O–H groups in total. The zero-order valence-corrected chi connectivity index (χ0v) is 11.0. The van der Waals surface area contributed by atoms with Crippen LogP contribution in [0.2, 0.25) is 0 Å². The van der Waals surface area contributed by atoms with Gasteiger partial charge in [-0.2, -0.15) is 12.6 Å². The molecule has 0 heterocycles. The van der Waals surface area contributed by atoms with Crippen LogP contribution in [0.3, 0.4) is 0 Å². The second kappa shape index (κ2) is 6.14. The minimum absolute atomic E-state index is 0.188. The predicted molar refractivity (Wildman–Crippen MR) is 71.9 cm³/mol. The molecule has 0 aromatic heterocycles. The first-order chi connectivity index (χ1) is 7.54. The number of thiol groups is 1. The monoisotopic (exact) mass is 241 g/mol. The normalized spacial score (nSPS) is 12.9. The van der Waals surface area contributed by atoms with Gasteiger partial charge in [-0.3, -0.25) is 0 Å². The summed E-state index contributed by atoms with van der Waals surface area (Å²) in [5.41, 5.74) is 1.05. The van der Waals surface area contributed by atoms with Crippen LogP contribution in [0.15, 0.2) is 24.3 Å². The van der Waals surface area contributed by atoms with E-state index in [1.807, 2.05) is 19.2 Å². The summed E-state index contributed by atoms with van der Waals surface area (Å²) in [6.45, 7) is 5.37. The fourth-order valence-electron chi connectivity index (χ4n) is 1.63. The van der Waals surface area contributed by atoms with Crippen LogP contribution in [0.4, 0.5) is 10.1 Å². The van der Waals surface area contributed by atoms with E-state index in [0.717, 1.165) is 18.0 Å². The molecular weight excluding hydrogens is 221 g/mol. The number of benzene rings is 1. The van der Waals surface area contributed by atoms with Crippen LogP contribution in [0.5, 0.6) is 0 Å². The van der Waals surface area contributed by atoms with Crippen LogP contribution in [-0.4, -0.2) is 19.3 Å². The summed E-state index contributed by atoms with van der Waals surface area (Å²) in [4.78, 5) is 2.15. The first-order valence-corrected chi connectivity index (χ1v) is 6.25. The number of hydrogen-bond donors (Lipinski definition) is 1. The smallest absolute Gasteiger partial charge is 0.123 e. The van der Waals surface area contributed by atoms with E-state index in [9.17, 15) is 4.39 Å². The molecule has 1 rings (SSSR count). The van der Waals surface area contributed by atoms with E-state index in [1.54, 1.807) is 0 Å². The molecule has 1 aromatic carbocycles. The van der Waals surface area contributed by atoms with Crippen LogP contribution in [-0.2, 0) is 0 Å². The van der Waals surface area contributed by atoms with Crippen molar-refractivity contribution in [3.63, 3.8) is 0 Å². The lowest BCUT2D eigenvalue weighted by Gasteiger charge is -2.27. The summed E-state index contributed by atoms with van der Waals surface area (Å²) in [6.07, 6.45) is 0. The van der Waals surface area contributed by atoms with Gasteiger partial charge in [-0.05, 0) is 41.9 Å². The molecule has 0 spiro atoms. The summed E-state index contributed by atoms with van der Waals surface area (Å²) in [5, 5.41) is 0.